The Kier molecular flexibility index (Phi) is 5.07. The highest BCUT2D eigenvalue weighted by Gasteiger charge is 2.20. The average Bonchev–Trinajstić information content (AvgIpc) is 2.84. The second kappa shape index (κ2) is 7.01. The van der Waals surface area contributed by atoms with E-state index in [1.54, 1.807) is 12.3 Å². The van der Waals surface area contributed by atoms with Crippen LogP contribution in [-0.2, 0) is 9.59 Å². The Morgan fingerprint density at radius 1 is 1.13 bits per heavy atom. The smallest absolute Gasteiger partial charge is 0.308 e. The lowest BCUT2D eigenvalue weighted by Gasteiger charge is -2.12. The third kappa shape index (κ3) is 4.36. The number of amides is 1. The number of hydrogen-bond donors (Lipinski definition) is 1. The predicted molar refractivity (Wildman–Crippen MR) is 83.9 cm³/mol. The first kappa shape index (κ1) is 16.6. The van der Waals surface area contributed by atoms with Crippen LogP contribution in [0.2, 0.25) is 0 Å². The van der Waals surface area contributed by atoms with Crippen molar-refractivity contribution in [3.05, 3.63) is 34.8 Å². The number of nitrogens with one attached hydrogen (secondary N) is 1. The fraction of sp³-hybridized carbons (Fsp3) is 0.200. The number of para-hydroxylation sites is 1. The van der Waals surface area contributed by atoms with Crippen molar-refractivity contribution >= 4 is 34.3 Å². The van der Waals surface area contributed by atoms with Crippen molar-refractivity contribution in [3.8, 4) is 11.5 Å². The Labute approximate surface area is 136 Å². The zero-order valence-corrected chi connectivity index (χ0v) is 13.5. The van der Waals surface area contributed by atoms with Crippen LogP contribution >= 0.6 is 11.3 Å². The number of benzene rings is 1. The largest absolute Gasteiger partial charge is 0.423 e. The minimum absolute atomic E-state index is 0.00401. The molecule has 0 aliphatic carbocycles. The lowest BCUT2D eigenvalue weighted by atomic mass is 10.1. The number of thiazole rings is 1. The first-order chi connectivity index (χ1) is 10.9. The Bertz CT molecular complexity index is 769. The number of carbonyl (C=O) groups excluding carboxylic acids is 3. The van der Waals surface area contributed by atoms with Crippen molar-refractivity contribution in [1.82, 2.24) is 4.98 Å². The molecule has 7 nitrogen and oxygen atoms in total. The summed E-state index contributed by atoms with van der Waals surface area (Å²) >= 11 is 1.27. The van der Waals surface area contributed by atoms with Gasteiger partial charge in [-0.25, -0.2) is 4.98 Å². The van der Waals surface area contributed by atoms with E-state index in [1.165, 1.54) is 43.4 Å². The van der Waals surface area contributed by atoms with E-state index in [1.807, 2.05) is 0 Å². The topological polar surface area (TPSA) is 94.6 Å². The summed E-state index contributed by atoms with van der Waals surface area (Å²) in [6.07, 6.45) is 0. The summed E-state index contributed by atoms with van der Waals surface area (Å²) in [4.78, 5) is 39.0. The molecule has 2 aromatic rings. The van der Waals surface area contributed by atoms with Gasteiger partial charge in [0.15, 0.2) is 16.6 Å². The maximum atomic E-state index is 12.4. The van der Waals surface area contributed by atoms with Gasteiger partial charge in [0.1, 0.15) is 0 Å². The first-order valence-electron chi connectivity index (χ1n) is 6.60. The number of rotatable bonds is 4. The van der Waals surface area contributed by atoms with E-state index in [0.717, 1.165) is 5.69 Å². The fourth-order valence-corrected chi connectivity index (χ4v) is 2.44. The molecule has 0 atom stereocenters. The van der Waals surface area contributed by atoms with Crippen LogP contribution in [0.4, 0.5) is 5.13 Å². The van der Waals surface area contributed by atoms with Gasteiger partial charge in [-0.15, -0.1) is 11.3 Å². The Balaban J connectivity index is 2.37. The second-order valence-corrected chi connectivity index (χ2v) is 5.43. The van der Waals surface area contributed by atoms with E-state index in [9.17, 15) is 14.4 Å². The van der Waals surface area contributed by atoms with Gasteiger partial charge in [0.25, 0.3) is 5.91 Å². The molecule has 1 aromatic heterocycles. The summed E-state index contributed by atoms with van der Waals surface area (Å²) < 4.78 is 10.0. The fourth-order valence-electron chi connectivity index (χ4n) is 1.75. The van der Waals surface area contributed by atoms with Crippen LogP contribution in [-0.4, -0.2) is 22.8 Å². The van der Waals surface area contributed by atoms with E-state index in [-0.39, 0.29) is 17.1 Å². The molecule has 1 N–H and O–H groups in total. The summed E-state index contributed by atoms with van der Waals surface area (Å²) in [5.74, 6) is -1.86. The number of esters is 2. The molecule has 0 bridgehead atoms. The molecule has 0 radical (unpaired) electrons. The lowest BCUT2D eigenvalue weighted by molar-refractivity contribution is -0.134. The van der Waals surface area contributed by atoms with Crippen LogP contribution in [0.15, 0.2) is 23.6 Å². The SMILES string of the molecule is CC(=O)Oc1cccc(C(=O)Nc2nc(C)cs2)c1OC(C)=O. The van der Waals surface area contributed by atoms with Gasteiger partial charge in [-0.2, -0.15) is 0 Å². The summed E-state index contributed by atoms with van der Waals surface area (Å²) in [6.45, 7) is 4.21. The molecular formula is C15H14N2O5S. The molecule has 1 aromatic carbocycles. The van der Waals surface area contributed by atoms with Gasteiger partial charge in [-0.05, 0) is 19.1 Å². The molecule has 0 aliphatic heterocycles. The van der Waals surface area contributed by atoms with Gasteiger partial charge in [0.2, 0.25) is 0 Å². The molecule has 0 unspecified atom stereocenters. The number of hydrogen-bond acceptors (Lipinski definition) is 7. The van der Waals surface area contributed by atoms with E-state index in [0.29, 0.717) is 5.13 Å². The highest BCUT2D eigenvalue weighted by Crippen LogP contribution is 2.32. The third-order valence-electron chi connectivity index (χ3n) is 2.56. The van der Waals surface area contributed by atoms with E-state index >= 15 is 0 Å². The summed E-state index contributed by atoms with van der Waals surface area (Å²) in [7, 11) is 0. The minimum Gasteiger partial charge on any atom is -0.423 e. The van der Waals surface area contributed by atoms with Gasteiger partial charge in [0.05, 0.1) is 11.3 Å². The zero-order chi connectivity index (χ0) is 17.0. The van der Waals surface area contributed by atoms with Crippen molar-refractivity contribution in [2.45, 2.75) is 20.8 Å². The molecule has 0 spiro atoms. The van der Waals surface area contributed by atoms with Crippen LogP contribution in [0.1, 0.15) is 29.9 Å². The van der Waals surface area contributed by atoms with Crippen molar-refractivity contribution in [1.29, 1.82) is 0 Å². The van der Waals surface area contributed by atoms with Crippen LogP contribution in [0.3, 0.4) is 0 Å². The summed E-state index contributed by atoms with van der Waals surface area (Å²) in [6, 6.07) is 4.42. The standard InChI is InChI=1S/C15H14N2O5S/c1-8-7-23-15(16-8)17-14(20)11-5-4-6-12(21-9(2)18)13(11)22-10(3)19/h4-7H,1-3H3,(H,16,17,20). The second-order valence-electron chi connectivity index (χ2n) is 4.57. The highest BCUT2D eigenvalue weighted by molar-refractivity contribution is 7.13. The lowest BCUT2D eigenvalue weighted by Crippen LogP contribution is -2.16. The predicted octanol–water partition coefficient (Wildman–Crippen LogP) is 2.55. The van der Waals surface area contributed by atoms with Gasteiger partial charge >= 0.3 is 11.9 Å². The van der Waals surface area contributed by atoms with Gasteiger partial charge in [-0.1, -0.05) is 6.07 Å². The quantitative estimate of drug-likeness (QED) is 0.682. The highest BCUT2D eigenvalue weighted by atomic mass is 32.1. The van der Waals surface area contributed by atoms with E-state index in [2.05, 4.69) is 10.3 Å². The first-order valence-corrected chi connectivity index (χ1v) is 7.48. The van der Waals surface area contributed by atoms with Crippen LogP contribution in [0, 0.1) is 6.92 Å². The minimum atomic E-state index is -0.635. The number of aryl methyl sites for hydroxylation is 1. The molecule has 0 saturated carbocycles. The molecule has 120 valence electrons. The number of anilines is 1. The van der Waals surface area contributed by atoms with Crippen molar-refractivity contribution < 1.29 is 23.9 Å². The van der Waals surface area contributed by atoms with Crippen molar-refractivity contribution in [2.24, 2.45) is 0 Å². The molecular weight excluding hydrogens is 320 g/mol. The van der Waals surface area contributed by atoms with Gasteiger partial charge < -0.3 is 9.47 Å². The number of aromatic nitrogens is 1. The molecule has 0 fully saturated rings. The molecule has 0 saturated heterocycles. The van der Waals surface area contributed by atoms with Crippen molar-refractivity contribution in [3.63, 3.8) is 0 Å². The van der Waals surface area contributed by atoms with Crippen LogP contribution in [0.25, 0.3) is 0 Å². The molecule has 1 heterocycles. The molecule has 2 rings (SSSR count). The normalized spacial score (nSPS) is 10.0. The molecule has 0 aliphatic rings. The number of nitrogens with zero attached hydrogens (tertiary/aromatic N) is 1. The molecule has 8 heteroatoms. The monoisotopic (exact) mass is 334 g/mol. The van der Waals surface area contributed by atoms with Crippen molar-refractivity contribution in [2.75, 3.05) is 5.32 Å². The maximum absolute atomic E-state index is 12.4. The van der Waals surface area contributed by atoms with Crippen LogP contribution < -0.4 is 14.8 Å². The maximum Gasteiger partial charge on any atom is 0.308 e. The number of ether oxygens (including phenoxy) is 2. The summed E-state index contributed by atoms with van der Waals surface area (Å²) in [5, 5.41) is 4.82. The average molecular weight is 334 g/mol. The third-order valence-corrected chi connectivity index (χ3v) is 3.44. The Morgan fingerprint density at radius 2 is 1.83 bits per heavy atom. The molecule has 1 amide bonds. The number of carbonyl (C=O) groups is 3. The van der Waals surface area contributed by atoms with Crippen LogP contribution in [0.5, 0.6) is 11.5 Å². The van der Waals surface area contributed by atoms with Gasteiger partial charge in [0, 0.05) is 19.2 Å². The zero-order valence-electron chi connectivity index (χ0n) is 12.7. The Morgan fingerprint density at radius 3 is 2.39 bits per heavy atom. The Hall–Kier alpha value is -2.74. The van der Waals surface area contributed by atoms with E-state index in [4.69, 9.17) is 9.47 Å². The van der Waals surface area contributed by atoms with Gasteiger partial charge in [-0.3, -0.25) is 19.7 Å². The van der Waals surface area contributed by atoms with E-state index < -0.39 is 17.8 Å². The molecule has 23 heavy (non-hydrogen) atoms. The summed E-state index contributed by atoms with van der Waals surface area (Å²) in [5.41, 5.74) is 0.839.